The lowest BCUT2D eigenvalue weighted by Crippen LogP contribution is -2.10. The van der Waals surface area contributed by atoms with Gasteiger partial charge < -0.3 is 9.47 Å². The molecule has 0 aliphatic heterocycles. The van der Waals surface area contributed by atoms with Crippen LogP contribution in [0.1, 0.15) is 28.9 Å². The van der Waals surface area contributed by atoms with Crippen LogP contribution in [-0.4, -0.2) is 17.5 Å². The molecule has 2 rings (SSSR count). The summed E-state index contributed by atoms with van der Waals surface area (Å²) in [5.41, 5.74) is 0.108. The number of esters is 1. The van der Waals surface area contributed by atoms with Gasteiger partial charge in [0.15, 0.2) is 0 Å². The average Bonchev–Trinajstić information content (AvgIpc) is 2.54. The molecule has 2 aromatic carbocycles. The first-order valence-electron chi connectivity index (χ1n) is 6.97. The number of ether oxygens (including phenoxy) is 2. The first-order valence-corrected chi connectivity index (χ1v) is 7.35. The molecule has 0 saturated heterocycles. The first kappa shape index (κ1) is 18.6. The van der Waals surface area contributed by atoms with E-state index in [1.165, 1.54) is 36.4 Å². The molecule has 0 aromatic heterocycles. The molecule has 0 N–H and O–H groups in total. The highest BCUT2D eigenvalue weighted by Gasteiger charge is 2.19. The number of carbonyl (C=O) groups excluding carboxylic acids is 1. The topological polar surface area (TPSA) is 78.7 Å². The zero-order valence-corrected chi connectivity index (χ0v) is 13.6. The van der Waals surface area contributed by atoms with Crippen molar-refractivity contribution in [2.24, 2.45) is 0 Å². The first-order chi connectivity index (χ1) is 11.8. The molecule has 0 aliphatic carbocycles. The quantitative estimate of drug-likeness (QED) is 0.415. The van der Waals surface area contributed by atoms with E-state index in [1.54, 1.807) is 6.92 Å². The van der Waals surface area contributed by atoms with Crippen molar-refractivity contribution in [2.75, 3.05) is 0 Å². The third-order valence-corrected chi connectivity index (χ3v) is 3.56. The minimum atomic E-state index is -2.93. The lowest BCUT2D eigenvalue weighted by Gasteiger charge is -2.14. The van der Waals surface area contributed by atoms with Crippen molar-refractivity contribution in [3.8, 4) is 5.75 Å². The number of halogens is 3. The number of nitrogens with zero attached hydrogens (tertiary/aromatic N) is 1. The Balaban J connectivity index is 2.09. The second-order valence-corrected chi connectivity index (χ2v) is 5.33. The van der Waals surface area contributed by atoms with Gasteiger partial charge in [-0.25, -0.2) is 4.79 Å². The van der Waals surface area contributed by atoms with E-state index >= 15 is 0 Å². The molecule has 0 saturated carbocycles. The van der Waals surface area contributed by atoms with Crippen molar-refractivity contribution in [1.82, 2.24) is 0 Å². The van der Waals surface area contributed by atoms with Crippen LogP contribution in [0, 0.1) is 10.1 Å². The van der Waals surface area contributed by atoms with Crippen molar-refractivity contribution in [1.29, 1.82) is 0 Å². The van der Waals surface area contributed by atoms with Crippen molar-refractivity contribution < 1.29 is 28.0 Å². The van der Waals surface area contributed by atoms with Crippen LogP contribution in [0.15, 0.2) is 42.5 Å². The van der Waals surface area contributed by atoms with Crippen molar-refractivity contribution >= 4 is 23.3 Å². The Morgan fingerprint density at radius 1 is 1.20 bits per heavy atom. The summed E-state index contributed by atoms with van der Waals surface area (Å²) in [5, 5.41) is 10.8. The Hall–Kier alpha value is -2.74. The molecule has 1 unspecified atom stereocenters. The minimum Gasteiger partial charge on any atom is -0.454 e. The maximum Gasteiger partial charge on any atom is 0.387 e. The van der Waals surface area contributed by atoms with Crippen LogP contribution in [-0.2, 0) is 4.74 Å². The molecular formula is C16H12ClF2NO5. The van der Waals surface area contributed by atoms with E-state index in [2.05, 4.69) is 4.74 Å². The number of nitro benzene ring substituents is 1. The average molecular weight is 372 g/mol. The van der Waals surface area contributed by atoms with Gasteiger partial charge in [0.1, 0.15) is 16.9 Å². The number of carbonyl (C=O) groups is 1. The third-order valence-electron chi connectivity index (χ3n) is 3.24. The smallest absolute Gasteiger partial charge is 0.387 e. The molecule has 0 fully saturated rings. The molecule has 6 nitrogen and oxygen atoms in total. The highest BCUT2D eigenvalue weighted by Crippen LogP contribution is 2.27. The fourth-order valence-corrected chi connectivity index (χ4v) is 2.18. The number of alkyl halides is 2. The van der Waals surface area contributed by atoms with Crippen LogP contribution >= 0.6 is 11.6 Å². The van der Waals surface area contributed by atoms with E-state index in [0.29, 0.717) is 5.56 Å². The van der Waals surface area contributed by atoms with E-state index in [-0.39, 0.29) is 16.3 Å². The molecule has 9 heteroatoms. The summed E-state index contributed by atoms with van der Waals surface area (Å²) in [7, 11) is 0. The van der Waals surface area contributed by atoms with Crippen LogP contribution in [0.3, 0.4) is 0 Å². The van der Waals surface area contributed by atoms with Gasteiger partial charge in [0.25, 0.3) is 5.69 Å². The number of benzene rings is 2. The second-order valence-electron chi connectivity index (χ2n) is 4.92. The van der Waals surface area contributed by atoms with Gasteiger partial charge >= 0.3 is 12.6 Å². The van der Waals surface area contributed by atoms with Crippen LogP contribution < -0.4 is 4.74 Å². The molecular weight excluding hydrogens is 360 g/mol. The SMILES string of the molecule is CC(OC(=O)c1ccc(Cl)c([N+](=O)[O-])c1)c1ccc(OC(F)F)cc1. The van der Waals surface area contributed by atoms with Gasteiger partial charge in [-0.05, 0) is 36.8 Å². The van der Waals surface area contributed by atoms with Gasteiger partial charge in [0.2, 0.25) is 0 Å². The number of hydrogen-bond acceptors (Lipinski definition) is 5. The summed E-state index contributed by atoms with van der Waals surface area (Å²) in [6.45, 7) is -1.35. The van der Waals surface area contributed by atoms with Gasteiger partial charge in [0.05, 0.1) is 10.5 Å². The lowest BCUT2D eigenvalue weighted by atomic mass is 10.1. The Labute approximate surface area is 146 Å². The van der Waals surface area contributed by atoms with Crippen LogP contribution in [0.25, 0.3) is 0 Å². The Morgan fingerprint density at radius 3 is 2.40 bits per heavy atom. The maximum absolute atomic E-state index is 12.1. The van der Waals surface area contributed by atoms with Gasteiger partial charge in [-0.15, -0.1) is 0 Å². The number of hydrogen-bond donors (Lipinski definition) is 0. The maximum atomic E-state index is 12.1. The third kappa shape index (κ3) is 4.87. The summed E-state index contributed by atoms with van der Waals surface area (Å²) in [5.74, 6) is -0.800. The van der Waals surface area contributed by atoms with Gasteiger partial charge in [-0.2, -0.15) is 8.78 Å². The van der Waals surface area contributed by atoms with E-state index < -0.39 is 29.3 Å². The summed E-state index contributed by atoms with van der Waals surface area (Å²) in [6.07, 6.45) is -0.706. The van der Waals surface area contributed by atoms with Crippen molar-refractivity contribution in [3.63, 3.8) is 0 Å². The molecule has 0 spiro atoms. The Kier molecular flexibility index (Phi) is 5.87. The molecule has 0 heterocycles. The normalized spacial score (nSPS) is 11.9. The van der Waals surface area contributed by atoms with Crippen LogP contribution in [0.5, 0.6) is 5.75 Å². The molecule has 0 radical (unpaired) electrons. The summed E-state index contributed by atoms with van der Waals surface area (Å²) in [6, 6.07) is 9.15. The van der Waals surface area contributed by atoms with Crippen LogP contribution in [0.2, 0.25) is 5.02 Å². The summed E-state index contributed by atoms with van der Waals surface area (Å²) >= 11 is 5.69. The lowest BCUT2D eigenvalue weighted by molar-refractivity contribution is -0.384. The Bertz CT molecular complexity index is 783. The fraction of sp³-hybridized carbons (Fsp3) is 0.188. The van der Waals surface area contributed by atoms with E-state index in [9.17, 15) is 23.7 Å². The Morgan fingerprint density at radius 2 is 1.84 bits per heavy atom. The molecule has 0 amide bonds. The molecule has 2 aromatic rings. The summed E-state index contributed by atoms with van der Waals surface area (Å²) in [4.78, 5) is 22.3. The van der Waals surface area contributed by atoms with E-state index in [0.717, 1.165) is 6.07 Å². The van der Waals surface area contributed by atoms with Crippen LogP contribution in [0.4, 0.5) is 14.5 Å². The van der Waals surface area contributed by atoms with Gasteiger partial charge in [-0.3, -0.25) is 10.1 Å². The highest BCUT2D eigenvalue weighted by molar-refractivity contribution is 6.32. The van der Waals surface area contributed by atoms with E-state index in [4.69, 9.17) is 16.3 Å². The number of rotatable bonds is 6. The zero-order chi connectivity index (χ0) is 18.6. The molecule has 25 heavy (non-hydrogen) atoms. The monoisotopic (exact) mass is 371 g/mol. The largest absolute Gasteiger partial charge is 0.454 e. The minimum absolute atomic E-state index is 0.0226. The van der Waals surface area contributed by atoms with Crippen molar-refractivity contribution in [2.45, 2.75) is 19.6 Å². The number of nitro groups is 1. The zero-order valence-electron chi connectivity index (χ0n) is 12.8. The van der Waals surface area contributed by atoms with Gasteiger partial charge in [-0.1, -0.05) is 23.7 Å². The molecule has 132 valence electrons. The fourth-order valence-electron chi connectivity index (χ4n) is 2.00. The van der Waals surface area contributed by atoms with E-state index in [1.807, 2.05) is 0 Å². The highest BCUT2D eigenvalue weighted by atomic mass is 35.5. The van der Waals surface area contributed by atoms with Crippen molar-refractivity contribution in [3.05, 3.63) is 68.7 Å². The molecule has 0 bridgehead atoms. The predicted octanol–water partition coefficient (Wildman–Crippen LogP) is 4.77. The van der Waals surface area contributed by atoms with Gasteiger partial charge in [0, 0.05) is 6.07 Å². The molecule has 1 atom stereocenters. The summed E-state index contributed by atoms with van der Waals surface area (Å²) < 4.78 is 33.7. The molecule has 0 aliphatic rings. The second kappa shape index (κ2) is 7.89. The standard InChI is InChI=1S/C16H12ClF2NO5/c1-9(10-2-5-12(6-3-10)25-16(18)19)24-15(21)11-4-7-13(17)14(8-11)20(22)23/h2-9,16H,1H3. The predicted molar refractivity (Wildman–Crippen MR) is 85.0 cm³/mol.